The number of hydrogen-bond acceptors (Lipinski definition) is 4. The zero-order valence-electron chi connectivity index (χ0n) is 12.7. The number of amides is 1. The van der Waals surface area contributed by atoms with Crippen LogP contribution in [0.1, 0.15) is 50.2 Å². The summed E-state index contributed by atoms with van der Waals surface area (Å²) in [5.41, 5.74) is 0.480. The van der Waals surface area contributed by atoms with E-state index in [4.69, 9.17) is 5.11 Å². The van der Waals surface area contributed by atoms with Crippen LogP contribution in [0.15, 0.2) is 5.38 Å². The van der Waals surface area contributed by atoms with Gasteiger partial charge in [0.15, 0.2) is 0 Å². The van der Waals surface area contributed by atoms with Crippen molar-refractivity contribution in [3.63, 3.8) is 0 Å². The fourth-order valence-electron chi connectivity index (χ4n) is 2.72. The third-order valence-electron chi connectivity index (χ3n) is 4.35. The largest absolute Gasteiger partial charge is 0.481 e. The van der Waals surface area contributed by atoms with Gasteiger partial charge in [-0.2, -0.15) is 0 Å². The monoisotopic (exact) mass is 310 g/mol. The predicted molar refractivity (Wildman–Crippen MR) is 81.1 cm³/mol. The van der Waals surface area contributed by atoms with Crippen molar-refractivity contribution in [1.82, 2.24) is 10.3 Å². The Balaban J connectivity index is 2.05. The van der Waals surface area contributed by atoms with Crippen molar-refractivity contribution in [2.45, 2.75) is 52.0 Å². The van der Waals surface area contributed by atoms with Gasteiger partial charge in [-0.3, -0.25) is 9.59 Å². The molecule has 2 rings (SSSR count). The molecule has 0 spiro atoms. The first-order chi connectivity index (χ1) is 9.85. The minimum absolute atomic E-state index is 0.0454. The van der Waals surface area contributed by atoms with Gasteiger partial charge in [-0.05, 0) is 39.5 Å². The number of carbonyl (C=O) groups excluding carboxylic acids is 1. The summed E-state index contributed by atoms with van der Waals surface area (Å²) in [6, 6.07) is 0. The third-order valence-corrected chi connectivity index (χ3v) is 5.57. The van der Waals surface area contributed by atoms with E-state index in [1.54, 1.807) is 11.3 Å². The summed E-state index contributed by atoms with van der Waals surface area (Å²) in [5.74, 6) is -1.41. The maximum Gasteiger partial charge on any atom is 0.306 e. The summed E-state index contributed by atoms with van der Waals surface area (Å²) in [5, 5.41) is 15.0. The number of aliphatic carboxylic acids is 1. The van der Waals surface area contributed by atoms with Gasteiger partial charge in [0, 0.05) is 17.0 Å². The number of nitrogens with one attached hydrogen (secondary N) is 1. The van der Waals surface area contributed by atoms with Crippen molar-refractivity contribution in [2.75, 3.05) is 0 Å². The van der Waals surface area contributed by atoms with Crippen molar-refractivity contribution in [3.05, 3.63) is 16.1 Å². The fraction of sp³-hybridized carbons (Fsp3) is 0.667. The van der Waals surface area contributed by atoms with Crippen molar-refractivity contribution in [1.29, 1.82) is 0 Å². The van der Waals surface area contributed by atoms with Gasteiger partial charge in [0.1, 0.15) is 5.01 Å². The molecule has 2 N–H and O–H groups in total. The first kappa shape index (κ1) is 15.9. The molecule has 0 radical (unpaired) electrons. The lowest BCUT2D eigenvalue weighted by molar-refractivity contribution is -0.141. The first-order valence-electron chi connectivity index (χ1n) is 7.33. The van der Waals surface area contributed by atoms with Gasteiger partial charge < -0.3 is 10.4 Å². The Morgan fingerprint density at radius 3 is 2.62 bits per heavy atom. The Hall–Kier alpha value is -1.43. The van der Waals surface area contributed by atoms with Gasteiger partial charge in [0.2, 0.25) is 5.91 Å². The lowest BCUT2D eigenvalue weighted by Crippen LogP contribution is -2.45. The Morgan fingerprint density at radius 1 is 1.48 bits per heavy atom. The molecule has 21 heavy (non-hydrogen) atoms. The molecular formula is C15H22N2O3S. The van der Waals surface area contributed by atoms with Gasteiger partial charge >= 0.3 is 5.97 Å². The highest BCUT2D eigenvalue weighted by Crippen LogP contribution is 2.33. The maximum absolute atomic E-state index is 12.4. The van der Waals surface area contributed by atoms with Crippen LogP contribution in [-0.2, 0) is 15.1 Å². The van der Waals surface area contributed by atoms with E-state index >= 15 is 0 Å². The standard InChI is InChI=1S/C15H22N2O3S/c1-4-15(3,14-16-9(2)8-21-14)17-12(18)10-5-6-11(7-10)13(19)20/h8,10-11H,4-7H2,1-3H3,(H,17,18)(H,19,20)/t10-,11+,15?/m1/s1. The number of carboxylic acids is 1. The van der Waals surface area contributed by atoms with Crippen molar-refractivity contribution < 1.29 is 14.7 Å². The van der Waals surface area contributed by atoms with Crippen molar-refractivity contribution in [2.24, 2.45) is 11.8 Å². The van der Waals surface area contributed by atoms with E-state index in [1.165, 1.54) is 0 Å². The Morgan fingerprint density at radius 2 is 2.14 bits per heavy atom. The van der Waals surface area contributed by atoms with E-state index in [0.29, 0.717) is 19.3 Å². The lowest BCUT2D eigenvalue weighted by Gasteiger charge is -2.29. The molecule has 1 aliphatic rings. The van der Waals surface area contributed by atoms with Crippen LogP contribution in [-0.4, -0.2) is 22.0 Å². The fourth-order valence-corrected chi connectivity index (χ4v) is 3.71. The molecule has 0 saturated heterocycles. The molecule has 1 aromatic rings. The Kier molecular flexibility index (Phi) is 4.66. The number of nitrogens with zero attached hydrogens (tertiary/aromatic N) is 1. The molecule has 1 saturated carbocycles. The van der Waals surface area contributed by atoms with Crippen molar-refractivity contribution in [3.8, 4) is 0 Å². The zero-order valence-corrected chi connectivity index (χ0v) is 13.5. The van der Waals surface area contributed by atoms with E-state index in [9.17, 15) is 9.59 Å². The average Bonchev–Trinajstić information content (AvgIpc) is 3.07. The summed E-state index contributed by atoms with van der Waals surface area (Å²) >= 11 is 1.55. The minimum Gasteiger partial charge on any atom is -0.481 e. The number of aromatic nitrogens is 1. The normalized spacial score (nSPS) is 24.5. The molecule has 0 bridgehead atoms. The maximum atomic E-state index is 12.4. The number of carbonyl (C=O) groups is 2. The van der Waals surface area contributed by atoms with E-state index < -0.39 is 11.5 Å². The Bertz CT molecular complexity index is 543. The summed E-state index contributed by atoms with van der Waals surface area (Å²) in [6.45, 7) is 5.94. The Labute approximate surface area is 128 Å². The number of rotatable bonds is 5. The highest BCUT2D eigenvalue weighted by atomic mass is 32.1. The number of carboxylic acid groups (broad SMARTS) is 1. The van der Waals surface area contributed by atoms with E-state index in [0.717, 1.165) is 17.1 Å². The van der Waals surface area contributed by atoms with Gasteiger partial charge in [-0.1, -0.05) is 6.92 Å². The van der Waals surface area contributed by atoms with E-state index in [1.807, 2.05) is 26.2 Å². The second-order valence-electron chi connectivity index (χ2n) is 6.01. The summed E-state index contributed by atoms with van der Waals surface area (Å²) in [6.07, 6.45) is 2.44. The van der Waals surface area contributed by atoms with Crippen LogP contribution >= 0.6 is 11.3 Å². The third kappa shape index (κ3) is 3.43. The molecule has 1 amide bonds. The number of thiazole rings is 1. The number of hydrogen-bond donors (Lipinski definition) is 2. The molecule has 3 atom stereocenters. The van der Waals surface area contributed by atoms with E-state index in [-0.39, 0.29) is 17.7 Å². The second-order valence-corrected chi connectivity index (χ2v) is 6.87. The second kappa shape index (κ2) is 6.13. The molecule has 1 heterocycles. The van der Waals surface area contributed by atoms with Gasteiger partial charge in [0.25, 0.3) is 0 Å². The topological polar surface area (TPSA) is 79.3 Å². The highest BCUT2D eigenvalue weighted by Gasteiger charge is 2.37. The molecule has 1 fully saturated rings. The molecular weight excluding hydrogens is 288 g/mol. The van der Waals surface area contributed by atoms with Crippen LogP contribution in [0.3, 0.4) is 0 Å². The first-order valence-corrected chi connectivity index (χ1v) is 8.21. The number of aryl methyl sites for hydroxylation is 1. The molecule has 0 aromatic carbocycles. The van der Waals surface area contributed by atoms with Crippen LogP contribution in [0, 0.1) is 18.8 Å². The van der Waals surface area contributed by atoms with Crippen LogP contribution in [0.25, 0.3) is 0 Å². The molecule has 6 heteroatoms. The van der Waals surface area contributed by atoms with Gasteiger partial charge in [-0.25, -0.2) is 4.98 Å². The molecule has 1 unspecified atom stereocenters. The van der Waals surface area contributed by atoms with Gasteiger partial charge in [0.05, 0.1) is 11.5 Å². The minimum atomic E-state index is -0.792. The quantitative estimate of drug-likeness (QED) is 0.876. The van der Waals surface area contributed by atoms with Crippen LogP contribution < -0.4 is 5.32 Å². The molecule has 116 valence electrons. The summed E-state index contributed by atoms with van der Waals surface area (Å²) < 4.78 is 0. The zero-order chi connectivity index (χ0) is 15.6. The molecule has 1 aliphatic carbocycles. The molecule has 1 aromatic heterocycles. The average molecular weight is 310 g/mol. The summed E-state index contributed by atoms with van der Waals surface area (Å²) in [4.78, 5) is 27.9. The smallest absolute Gasteiger partial charge is 0.306 e. The SMILES string of the molecule is CCC(C)(NC(=O)[C@@H]1CC[C@H](C(=O)O)C1)c1nc(C)cs1. The van der Waals surface area contributed by atoms with Gasteiger partial charge in [-0.15, -0.1) is 11.3 Å². The van der Waals surface area contributed by atoms with Crippen LogP contribution in [0.2, 0.25) is 0 Å². The predicted octanol–water partition coefficient (Wildman–Crippen LogP) is 2.69. The summed E-state index contributed by atoms with van der Waals surface area (Å²) in [7, 11) is 0. The van der Waals surface area contributed by atoms with E-state index in [2.05, 4.69) is 10.3 Å². The lowest BCUT2D eigenvalue weighted by atomic mass is 9.97. The molecule has 5 nitrogen and oxygen atoms in total. The molecule has 0 aliphatic heterocycles. The van der Waals surface area contributed by atoms with Crippen LogP contribution in [0.4, 0.5) is 0 Å². The van der Waals surface area contributed by atoms with Crippen LogP contribution in [0.5, 0.6) is 0 Å². The van der Waals surface area contributed by atoms with Crippen molar-refractivity contribution >= 4 is 23.2 Å². The highest BCUT2D eigenvalue weighted by molar-refractivity contribution is 7.09.